The standard InChI is InChI=1S/C35H44F2N4O8/c1-5-45-14-15-46-16-17-47-34(43)49-23(3)48-33(42)24-6-9-27(10-7-24)35(4,44)29-11-8-26(21-39-29)28-18-22(2)19-31(40-28)41-30-20-25(32(36)37)12-13-38-30/h8,11-13,18-21,23-24,27,32,44H,5-7,9-10,14-17H2,1-4H3,(H,38,40,41)/t23?,24?,27?,35-/m1/s1. The average molecular weight is 687 g/mol. The Labute approximate surface area is 284 Å². The number of ether oxygens (including phenoxy) is 5. The summed E-state index contributed by atoms with van der Waals surface area (Å²) < 4.78 is 51.9. The lowest BCUT2D eigenvalue weighted by molar-refractivity contribution is -0.175. The molecule has 0 spiro atoms. The van der Waals surface area contributed by atoms with Crippen molar-refractivity contribution in [2.75, 3.05) is 38.4 Å². The molecule has 3 aromatic rings. The van der Waals surface area contributed by atoms with E-state index < -0.39 is 36.4 Å². The van der Waals surface area contributed by atoms with Gasteiger partial charge in [-0.25, -0.2) is 23.5 Å². The van der Waals surface area contributed by atoms with Crippen LogP contribution in [0.25, 0.3) is 11.3 Å². The Balaban J connectivity index is 1.26. The zero-order valence-corrected chi connectivity index (χ0v) is 28.2. The molecule has 49 heavy (non-hydrogen) atoms. The summed E-state index contributed by atoms with van der Waals surface area (Å²) in [7, 11) is 0. The Hall–Kier alpha value is -4.27. The van der Waals surface area contributed by atoms with E-state index >= 15 is 0 Å². The SMILES string of the molecule is CCOCCOCCOC(=O)OC(C)OC(=O)C1CCC([C@@](C)(O)c2ccc(-c3cc(C)cc(Nc4cc(C(F)F)ccn4)n3)cn2)CC1. The van der Waals surface area contributed by atoms with Crippen molar-refractivity contribution < 1.29 is 47.2 Å². The molecule has 3 aromatic heterocycles. The minimum atomic E-state index is -2.61. The van der Waals surface area contributed by atoms with Crippen molar-refractivity contribution >= 4 is 23.8 Å². The van der Waals surface area contributed by atoms with Gasteiger partial charge in [0.1, 0.15) is 23.8 Å². The number of anilines is 2. The third kappa shape index (κ3) is 11.1. The van der Waals surface area contributed by atoms with Gasteiger partial charge in [-0.3, -0.25) is 9.78 Å². The number of aromatic nitrogens is 3. The van der Waals surface area contributed by atoms with Gasteiger partial charge >= 0.3 is 12.1 Å². The normalized spacial score (nSPS) is 18.0. The summed E-state index contributed by atoms with van der Waals surface area (Å²) in [6.45, 7) is 8.56. The molecule has 0 bridgehead atoms. The Kier molecular flexibility index (Phi) is 13.7. The first kappa shape index (κ1) is 37.5. The number of alkyl halides is 2. The lowest BCUT2D eigenvalue weighted by Crippen LogP contribution is -2.37. The van der Waals surface area contributed by atoms with E-state index in [4.69, 9.17) is 23.7 Å². The van der Waals surface area contributed by atoms with Crippen LogP contribution in [0.15, 0.2) is 48.8 Å². The molecule has 0 aliphatic heterocycles. The van der Waals surface area contributed by atoms with Crippen LogP contribution >= 0.6 is 0 Å². The number of esters is 1. The first-order chi connectivity index (χ1) is 23.5. The molecular formula is C35H44F2N4O8. The highest BCUT2D eigenvalue weighted by Crippen LogP contribution is 2.41. The molecule has 266 valence electrons. The smallest absolute Gasteiger partial charge is 0.432 e. The fourth-order valence-corrected chi connectivity index (χ4v) is 5.61. The van der Waals surface area contributed by atoms with Crippen molar-refractivity contribution in [3.63, 3.8) is 0 Å². The van der Waals surface area contributed by atoms with Crippen molar-refractivity contribution in [1.29, 1.82) is 0 Å². The molecule has 0 aromatic carbocycles. The van der Waals surface area contributed by atoms with E-state index in [9.17, 15) is 23.5 Å². The van der Waals surface area contributed by atoms with Crippen molar-refractivity contribution in [2.45, 2.75) is 71.7 Å². The lowest BCUT2D eigenvalue weighted by Gasteiger charge is -2.37. The fraction of sp³-hybridized carbons (Fsp3) is 0.514. The van der Waals surface area contributed by atoms with Crippen molar-refractivity contribution in [1.82, 2.24) is 15.0 Å². The summed E-state index contributed by atoms with van der Waals surface area (Å²) in [6, 6.07) is 9.78. The molecular weight excluding hydrogens is 642 g/mol. The highest BCUT2D eigenvalue weighted by atomic mass is 19.3. The summed E-state index contributed by atoms with van der Waals surface area (Å²) in [6.07, 6.45) is 0.365. The molecule has 3 heterocycles. The molecule has 1 aliphatic carbocycles. The first-order valence-electron chi connectivity index (χ1n) is 16.3. The van der Waals surface area contributed by atoms with Gasteiger partial charge in [-0.15, -0.1) is 0 Å². The van der Waals surface area contributed by atoms with Gasteiger partial charge < -0.3 is 34.1 Å². The van der Waals surface area contributed by atoms with Crippen LogP contribution in [-0.2, 0) is 34.1 Å². The predicted octanol–water partition coefficient (Wildman–Crippen LogP) is 6.64. The number of rotatable bonds is 16. The number of hydrogen-bond donors (Lipinski definition) is 2. The van der Waals surface area contributed by atoms with Gasteiger partial charge in [0.15, 0.2) is 0 Å². The second-order valence-electron chi connectivity index (χ2n) is 12.0. The van der Waals surface area contributed by atoms with Crippen LogP contribution in [0.5, 0.6) is 0 Å². The highest BCUT2D eigenvalue weighted by molar-refractivity contribution is 5.73. The van der Waals surface area contributed by atoms with E-state index in [1.807, 2.05) is 26.0 Å². The second-order valence-corrected chi connectivity index (χ2v) is 12.0. The number of nitrogens with zero attached hydrogens (tertiary/aromatic N) is 3. The molecule has 1 aliphatic rings. The third-order valence-corrected chi connectivity index (χ3v) is 8.26. The molecule has 4 rings (SSSR count). The predicted molar refractivity (Wildman–Crippen MR) is 175 cm³/mol. The van der Waals surface area contributed by atoms with E-state index in [2.05, 4.69) is 20.3 Å². The summed E-state index contributed by atoms with van der Waals surface area (Å²) in [4.78, 5) is 37.9. The molecule has 0 saturated heterocycles. The first-order valence-corrected chi connectivity index (χ1v) is 16.3. The summed E-state index contributed by atoms with van der Waals surface area (Å²) in [5.74, 6) is -0.331. The number of aliphatic hydroxyl groups is 1. The van der Waals surface area contributed by atoms with Gasteiger partial charge in [0.05, 0.1) is 37.1 Å². The van der Waals surface area contributed by atoms with Crippen LogP contribution in [0.2, 0.25) is 0 Å². The van der Waals surface area contributed by atoms with Gasteiger partial charge in [-0.1, -0.05) is 0 Å². The van der Waals surface area contributed by atoms with Crippen molar-refractivity contribution in [2.24, 2.45) is 11.8 Å². The molecule has 12 nitrogen and oxygen atoms in total. The third-order valence-electron chi connectivity index (χ3n) is 8.26. The maximum absolute atomic E-state index is 13.1. The molecule has 2 N–H and O–H groups in total. The summed E-state index contributed by atoms with van der Waals surface area (Å²) in [5.41, 5.74) is 1.30. The Bertz CT molecular complexity index is 1520. The molecule has 1 unspecified atom stereocenters. The highest BCUT2D eigenvalue weighted by Gasteiger charge is 2.39. The van der Waals surface area contributed by atoms with Crippen LogP contribution in [0.4, 0.5) is 25.2 Å². The summed E-state index contributed by atoms with van der Waals surface area (Å²) >= 11 is 0. The number of pyridine rings is 3. The maximum atomic E-state index is 13.1. The van der Waals surface area contributed by atoms with Crippen LogP contribution in [-0.4, -0.2) is 71.5 Å². The van der Waals surface area contributed by atoms with Crippen LogP contribution in [0.3, 0.4) is 0 Å². The number of carbonyl (C=O) groups excluding carboxylic acids is 2. The lowest BCUT2D eigenvalue weighted by atomic mass is 9.73. The second kappa shape index (κ2) is 17.9. The van der Waals surface area contributed by atoms with Gasteiger partial charge in [0.25, 0.3) is 6.43 Å². The number of nitrogens with one attached hydrogen (secondary N) is 1. The largest absolute Gasteiger partial charge is 0.511 e. The van der Waals surface area contributed by atoms with Crippen LogP contribution in [0.1, 0.15) is 69.7 Å². The maximum Gasteiger partial charge on any atom is 0.511 e. The van der Waals surface area contributed by atoms with Gasteiger partial charge in [0.2, 0.25) is 6.29 Å². The summed E-state index contributed by atoms with van der Waals surface area (Å²) in [5, 5.41) is 14.5. The van der Waals surface area contributed by atoms with Gasteiger partial charge in [-0.2, -0.15) is 0 Å². The Morgan fingerprint density at radius 3 is 2.41 bits per heavy atom. The van der Waals surface area contributed by atoms with E-state index in [-0.39, 0.29) is 30.5 Å². The molecule has 14 heteroatoms. The zero-order valence-electron chi connectivity index (χ0n) is 28.2. The van der Waals surface area contributed by atoms with Crippen LogP contribution in [0, 0.1) is 18.8 Å². The molecule has 1 fully saturated rings. The number of halogens is 2. The Morgan fingerprint density at radius 1 is 0.980 bits per heavy atom. The van der Waals surface area contributed by atoms with E-state index in [1.54, 1.807) is 25.3 Å². The van der Waals surface area contributed by atoms with E-state index in [0.29, 0.717) is 68.3 Å². The van der Waals surface area contributed by atoms with Crippen molar-refractivity contribution in [3.05, 3.63) is 65.6 Å². The molecule has 0 amide bonds. The van der Waals surface area contributed by atoms with Gasteiger partial charge in [0, 0.05) is 37.1 Å². The average Bonchev–Trinajstić information content (AvgIpc) is 3.07. The molecule has 1 saturated carbocycles. The van der Waals surface area contributed by atoms with E-state index in [1.165, 1.54) is 25.3 Å². The topological polar surface area (TPSA) is 151 Å². The van der Waals surface area contributed by atoms with Crippen LogP contribution < -0.4 is 5.32 Å². The minimum Gasteiger partial charge on any atom is -0.432 e. The minimum absolute atomic E-state index is 0.00495. The fourth-order valence-electron chi connectivity index (χ4n) is 5.61. The molecule has 0 radical (unpaired) electrons. The van der Waals surface area contributed by atoms with E-state index in [0.717, 1.165) is 5.56 Å². The zero-order chi connectivity index (χ0) is 35.4. The number of carbonyl (C=O) groups is 2. The Morgan fingerprint density at radius 2 is 1.71 bits per heavy atom. The van der Waals surface area contributed by atoms with Gasteiger partial charge in [-0.05, 0) is 94.3 Å². The quantitative estimate of drug-likeness (QED) is 0.0945. The monoisotopic (exact) mass is 686 g/mol. The number of aryl methyl sites for hydroxylation is 1. The number of hydrogen-bond acceptors (Lipinski definition) is 12. The van der Waals surface area contributed by atoms with Crippen molar-refractivity contribution in [3.8, 4) is 11.3 Å². The molecule has 2 atom stereocenters.